The predicted molar refractivity (Wildman–Crippen MR) is 112 cm³/mol. The fraction of sp³-hybridized carbons (Fsp3) is 0.450. The Morgan fingerprint density at radius 3 is 2.74 bits per heavy atom. The van der Waals surface area contributed by atoms with Gasteiger partial charge in [0.2, 0.25) is 0 Å². The molecule has 0 saturated carbocycles. The Morgan fingerprint density at radius 1 is 1.29 bits per heavy atom. The number of rotatable bonds is 3. The van der Waals surface area contributed by atoms with Crippen LogP contribution < -0.4 is 21.7 Å². The van der Waals surface area contributed by atoms with Crippen molar-refractivity contribution in [3.05, 3.63) is 30.0 Å². The van der Waals surface area contributed by atoms with Crippen LogP contribution in [0.4, 0.5) is 26.1 Å². The molecule has 164 valence electrons. The second kappa shape index (κ2) is 7.28. The molecule has 1 atom stereocenters. The topological polar surface area (TPSA) is 119 Å². The van der Waals surface area contributed by atoms with Crippen molar-refractivity contribution in [1.29, 1.82) is 0 Å². The SMILES string of the molecule is Nc1nc(N2CCC3(CC2)COCC3N)cnc1Sc1cccc2c1C(F)(F)C(=O)N2. The number of nitrogens with two attached hydrogens (primary N) is 2. The van der Waals surface area contributed by atoms with Gasteiger partial charge in [-0.3, -0.25) is 4.79 Å². The van der Waals surface area contributed by atoms with E-state index < -0.39 is 11.8 Å². The zero-order chi connectivity index (χ0) is 21.8. The number of piperidine rings is 1. The van der Waals surface area contributed by atoms with Gasteiger partial charge in [-0.2, -0.15) is 8.78 Å². The van der Waals surface area contributed by atoms with Crippen molar-refractivity contribution in [2.24, 2.45) is 11.1 Å². The van der Waals surface area contributed by atoms with Gasteiger partial charge in [0.1, 0.15) is 10.8 Å². The molecule has 5 N–H and O–H groups in total. The molecule has 5 rings (SSSR count). The molecule has 4 heterocycles. The van der Waals surface area contributed by atoms with Crippen molar-refractivity contribution in [3.63, 3.8) is 0 Å². The third-order valence-corrected chi connectivity index (χ3v) is 7.46. The fourth-order valence-electron chi connectivity index (χ4n) is 4.45. The summed E-state index contributed by atoms with van der Waals surface area (Å²) < 4.78 is 34.2. The van der Waals surface area contributed by atoms with Crippen molar-refractivity contribution in [1.82, 2.24) is 9.97 Å². The number of carbonyl (C=O) groups is 1. The first-order chi connectivity index (χ1) is 14.8. The molecule has 2 aromatic rings. The third kappa shape index (κ3) is 3.31. The number of nitrogens with one attached hydrogen (secondary N) is 1. The van der Waals surface area contributed by atoms with Crippen molar-refractivity contribution in [3.8, 4) is 0 Å². The summed E-state index contributed by atoms with van der Waals surface area (Å²) in [5, 5.41) is 2.52. The number of anilines is 3. The Kier molecular flexibility index (Phi) is 4.79. The highest BCUT2D eigenvalue weighted by atomic mass is 32.2. The zero-order valence-corrected chi connectivity index (χ0v) is 17.4. The maximum Gasteiger partial charge on any atom is 0.353 e. The monoisotopic (exact) mass is 448 g/mol. The van der Waals surface area contributed by atoms with Gasteiger partial charge < -0.3 is 26.4 Å². The van der Waals surface area contributed by atoms with E-state index >= 15 is 0 Å². The summed E-state index contributed by atoms with van der Waals surface area (Å²) in [6, 6.07) is 4.61. The molecule has 1 aromatic heterocycles. The van der Waals surface area contributed by atoms with Crippen molar-refractivity contribution in [2.75, 3.05) is 42.3 Å². The molecule has 0 bridgehead atoms. The summed E-state index contributed by atoms with van der Waals surface area (Å²) >= 11 is 0.972. The number of hydrogen-bond donors (Lipinski definition) is 3. The van der Waals surface area contributed by atoms with Gasteiger partial charge in [-0.25, -0.2) is 9.97 Å². The van der Waals surface area contributed by atoms with E-state index in [9.17, 15) is 13.6 Å². The van der Waals surface area contributed by atoms with Crippen LogP contribution in [0.1, 0.15) is 18.4 Å². The van der Waals surface area contributed by atoms with Gasteiger partial charge in [-0.15, -0.1) is 0 Å². The van der Waals surface area contributed by atoms with Gasteiger partial charge in [-0.1, -0.05) is 17.8 Å². The molecule has 1 aromatic carbocycles. The van der Waals surface area contributed by atoms with E-state index in [0.717, 1.165) is 37.7 Å². The van der Waals surface area contributed by atoms with E-state index in [1.54, 1.807) is 12.3 Å². The average Bonchev–Trinajstić information content (AvgIpc) is 3.21. The number of hydrogen-bond acceptors (Lipinski definition) is 8. The molecule has 8 nitrogen and oxygen atoms in total. The highest BCUT2D eigenvalue weighted by Gasteiger charge is 2.50. The lowest BCUT2D eigenvalue weighted by Gasteiger charge is -2.41. The summed E-state index contributed by atoms with van der Waals surface area (Å²) in [5.41, 5.74) is 12.1. The number of amides is 1. The first-order valence-corrected chi connectivity index (χ1v) is 10.8. The van der Waals surface area contributed by atoms with Crippen molar-refractivity contribution < 1.29 is 18.3 Å². The number of nitrogens with zero attached hydrogens (tertiary/aromatic N) is 3. The Balaban J connectivity index is 1.34. The normalized spacial score (nSPS) is 23.8. The minimum absolute atomic E-state index is 0.0235. The van der Waals surface area contributed by atoms with Crippen LogP contribution in [-0.2, 0) is 15.5 Å². The van der Waals surface area contributed by atoms with Crippen LogP contribution in [0.5, 0.6) is 0 Å². The lowest BCUT2D eigenvalue weighted by molar-refractivity contribution is -0.139. The number of aromatic nitrogens is 2. The van der Waals surface area contributed by atoms with Gasteiger partial charge in [-0.05, 0) is 25.0 Å². The first kappa shape index (κ1) is 20.4. The van der Waals surface area contributed by atoms with E-state index in [4.69, 9.17) is 16.2 Å². The summed E-state index contributed by atoms with van der Waals surface area (Å²) in [5.74, 6) is -4.14. The van der Waals surface area contributed by atoms with Gasteiger partial charge in [0.15, 0.2) is 5.82 Å². The summed E-state index contributed by atoms with van der Waals surface area (Å²) in [6.07, 6.45) is 3.41. The first-order valence-electron chi connectivity index (χ1n) is 10.0. The third-order valence-electron chi connectivity index (χ3n) is 6.39. The number of ether oxygens (including phenoxy) is 1. The maximum atomic E-state index is 14.3. The molecule has 3 aliphatic rings. The molecule has 1 amide bonds. The Morgan fingerprint density at radius 2 is 2.06 bits per heavy atom. The Labute approximate surface area is 181 Å². The number of fused-ring (bicyclic) bond motifs is 1. The lowest BCUT2D eigenvalue weighted by atomic mass is 9.75. The lowest BCUT2D eigenvalue weighted by Crippen LogP contribution is -2.49. The van der Waals surface area contributed by atoms with Crippen LogP contribution in [0.15, 0.2) is 34.3 Å². The van der Waals surface area contributed by atoms with Gasteiger partial charge in [0.05, 0.1) is 30.7 Å². The Bertz CT molecular complexity index is 1040. The van der Waals surface area contributed by atoms with Crippen LogP contribution in [0.2, 0.25) is 0 Å². The molecule has 1 unspecified atom stereocenters. The number of nitrogen functional groups attached to an aromatic ring is 1. The van der Waals surface area contributed by atoms with Crippen molar-refractivity contribution in [2.45, 2.75) is 34.7 Å². The summed E-state index contributed by atoms with van der Waals surface area (Å²) in [6.45, 7) is 2.82. The van der Waals surface area contributed by atoms with Gasteiger partial charge in [0, 0.05) is 29.4 Å². The zero-order valence-electron chi connectivity index (χ0n) is 16.6. The standard InChI is InChI=1S/C20H22F2N6O2S/c21-20(22)15-11(26-18(20)29)2-1-3-12(15)31-17-16(24)27-14(8-25-17)28-6-4-19(5-7-28)10-30-9-13(19)23/h1-3,8,13H,4-7,9-10,23H2,(H2,24,27)(H,26,29). The van der Waals surface area contributed by atoms with E-state index in [0.29, 0.717) is 24.1 Å². The van der Waals surface area contributed by atoms with Crippen LogP contribution in [0.25, 0.3) is 0 Å². The molecular formula is C20H22F2N6O2S. The number of carbonyl (C=O) groups excluding carboxylic acids is 1. The smallest absolute Gasteiger partial charge is 0.353 e. The van der Waals surface area contributed by atoms with E-state index in [1.807, 2.05) is 0 Å². The fourth-order valence-corrected chi connectivity index (χ4v) is 5.40. The molecule has 0 radical (unpaired) electrons. The summed E-state index contributed by atoms with van der Waals surface area (Å²) in [4.78, 5) is 22.8. The van der Waals surface area contributed by atoms with E-state index in [1.165, 1.54) is 12.1 Å². The molecule has 31 heavy (non-hydrogen) atoms. The molecule has 1 spiro atoms. The number of benzene rings is 1. The van der Waals surface area contributed by atoms with Gasteiger partial charge >= 0.3 is 5.92 Å². The largest absolute Gasteiger partial charge is 0.381 e. The molecule has 2 saturated heterocycles. The molecule has 0 aliphatic carbocycles. The van der Waals surface area contributed by atoms with Gasteiger partial charge in [0.25, 0.3) is 5.91 Å². The molecule has 11 heteroatoms. The number of halogens is 2. The Hall–Kier alpha value is -2.50. The molecule has 2 fully saturated rings. The average molecular weight is 448 g/mol. The summed E-state index contributed by atoms with van der Waals surface area (Å²) in [7, 11) is 0. The minimum atomic E-state index is -3.60. The van der Waals surface area contributed by atoms with Crippen LogP contribution in [-0.4, -0.2) is 48.2 Å². The second-order valence-corrected chi connectivity index (χ2v) is 9.23. The van der Waals surface area contributed by atoms with Crippen molar-refractivity contribution >= 4 is 35.0 Å². The molecular weight excluding hydrogens is 426 g/mol. The minimum Gasteiger partial charge on any atom is -0.381 e. The van der Waals surface area contributed by atoms with Crippen LogP contribution in [0, 0.1) is 5.41 Å². The highest BCUT2D eigenvalue weighted by molar-refractivity contribution is 7.99. The van der Waals surface area contributed by atoms with E-state index in [2.05, 4.69) is 20.2 Å². The second-order valence-electron chi connectivity index (χ2n) is 8.20. The van der Waals surface area contributed by atoms with E-state index in [-0.39, 0.29) is 33.4 Å². The number of alkyl halides is 2. The highest BCUT2D eigenvalue weighted by Crippen LogP contribution is 2.47. The predicted octanol–water partition coefficient (Wildman–Crippen LogP) is 2.20. The van der Waals surface area contributed by atoms with Crippen LogP contribution in [0.3, 0.4) is 0 Å². The quantitative estimate of drug-likeness (QED) is 0.654. The van der Waals surface area contributed by atoms with Crippen LogP contribution >= 0.6 is 11.8 Å². The molecule has 3 aliphatic heterocycles. The maximum absolute atomic E-state index is 14.3.